The molecular weight excluding hydrogens is 268 g/mol. The summed E-state index contributed by atoms with van der Waals surface area (Å²) in [6, 6.07) is 1.77. The van der Waals surface area contributed by atoms with E-state index in [1.165, 1.54) is 0 Å². The van der Waals surface area contributed by atoms with Crippen molar-refractivity contribution < 1.29 is 4.79 Å². The van der Waals surface area contributed by atoms with Crippen LogP contribution in [0.25, 0.3) is 11.5 Å². The second kappa shape index (κ2) is 4.41. The fourth-order valence-corrected chi connectivity index (χ4v) is 3.51. The van der Waals surface area contributed by atoms with Crippen LogP contribution < -0.4 is 0 Å². The van der Waals surface area contributed by atoms with Gasteiger partial charge in [-0.05, 0) is 32.8 Å². The molecule has 1 saturated heterocycles. The number of rotatable bonds is 2. The highest BCUT2D eigenvalue weighted by molar-refractivity contribution is 5.82. The van der Waals surface area contributed by atoms with Crippen molar-refractivity contribution in [3.8, 4) is 11.5 Å². The van der Waals surface area contributed by atoms with Gasteiger partial charge < -0.3 is 4.90 Å². The minimum absolute atomic E-state index is 0.0907. The summed E-state index contributed by atoms with van der Waals surface area (Å²) in [5.74, 6) is 1.84. The number of nitrogens with zero attached hydrogens (tertiary/aromatic N) is 6. The largest absolute Gasteiger partial charge is 0.331 e. The summed E-state index contributed by atoms with van der Waals surface area (Å²) < 4.78 is 3.88. The van der Waals surface area contributed by atoms with Crippen molar-refractivity contribution in [2.45, 2.75) is 45.3 Å². The number of hydrogen-bond donors (Lipinski definition) is 0. The molecule has 2 atom stereocenters. The van der Waals surface area contributed by atoms with Gasteiger partial charge in [0, 0.05) is 19.3 Å². The predicted molar refractivity (Wildman–Crippen MR) is 75.3 cm³/mol. The van der Waals surface area contributed by atoms with Gasteiger partial charge in [-0.3, -0.25) is 14.0 Å². The van der Waals surface area contributed by atoms with Crippen LogP contribution in [0.4, 0.5) is 0 Å². The number of hydrogen-bond acceptors (Lipinski definition) is 4. The first kappa shape index (κ1) is 12.6. The number of aromatic nitrogens is 5. The van der Waals surface area contributed by atoms with Crippen molar-refractivity contribution in [3.63, 3.8) is 0 Å². The van der Waals surface area contributed by atoms with Crippen LogP contribution in [0.3, 0.4) is 0 Å². The van der Waals surface area contributed by atoms with Crippen LogP contribution in [-0.4, -0.2) is 41.9 Å². The maximum absolute atomic E-state index is 12.6. The Morgan fingerprint density at radius 2 is 2.24 bits per heavy atom. The Morgan fingerprint density at radius 1 is 1.38 bits per heavy atom. The standard InChI is InChI=1S/C14H18N6O/c1-3-19-11(6-7-15-19)13-17-16-12-10-5-4-8-18(10)14(21)9(2)20(12)13/h6-7,9-10H,3-5,8H2,1-2H3/t9-,10-/m0/s1. The third-order valence-electron chi connectivity index (χ3n) is 4.55. The van der Waals surface area contributed by atoms with Crippen LogP contribution >= 0.6 is 0 Å². The zero-order chi connectivity index (χ0) is 14.6. The second-order valence-corrected chi connectivity index (χ2v) is 5.65. The number of carbonyl (C=O) groups is 1. The van der Waals surface area contributed by atoms with Crippen LogP contribution in [0, 0.1) is 0 Å². The Balaban J connectivity index is 1.89. The first-order valence-electron chi connectivity index (χ1n) is 7.49. The van der Waals surface area contributed by atoms with E-state index in [0.29, 0.717) is 0 Å². The molecule has 0 unspecified atom stereocenters. The fourth-order valence-electron chi connectivity index (χ4n) is 3.51. The SMILES string of the molecule is CCn1nccc1-c1nnc2n1[C@@H](C)C(=O)N1CCC[C@@H]21. The summed E-state index contributed by atoms with van der Waals surface area (Å²) in [6.45, 7) is 5.57. The van der Waals surface area contributed by atoms with Gasteiger partial charge in [0.25, 0.3) is 0 Å². The Kier molecular flexibility index (Phi) is 2.63. The fraction of sp³-hybridized carbons (Fsp3) is 0.571. The quantitative estimate of drug-likeness (QED) is 0.837. The summed E-state index contributed by atoms with van der Waals surface area (Å²) >= 11 is 0. The minimum atomic E-state index is -0.250. The molecule has 0 N–H and O–H groups in total. The Labute approximate surface area is 122 Å². The maximum atomic E-state index is 12.6. The lowest BCUT2D eigenvalue weighted by molar-refractivity contribution is -0.137. The van der Waals surface area contributed by atoms with E-state index < -0.39 is 0 Å². The van der Waals surface area contributed by atoms with E-state index in [4.69, 9.17) is 0 Å². The second-order valence-electron chi connectivity index (χ2n) is 5.65. The molecule has 4 rings (SSSR count). The van der Waals surface area contributed by atoms with Gasteiger partial charge in [-0.15, -0.1) is 10.2 Å². The zero-order valence-electron chi connectivity index (χ0n) is 12.2. The van der Waals surface area contributed by atoms with Crippen molar-refractivity contribution in [2.75, 3.05) is 6.54 Å². The highest BCUT2D eigenvalue weighted by atomic mass is 16.2. The van der Waals surface area contributed by atoms with Gasteiger partial charge in [-0.1, -0.05) is 0 Å². The van der Waals surface area contributed by atoms with Gasteiger partial charge in [-0.2, -0.15) is 5.10 Å². The highest BCUT2D eigenvalue weighted by Gasteiger charge is 2.43. The summed E-state index contributed by atoms with van der Waals surface area (Å²) in [5, 5.41) is 13.1. The van der Waals surface area contributed by atoms with Gasteiger partial charge in [0.1, 0.15) is 11.7 Å². The predicted octanol–water partition coefficient (Wildman–Crippen LogP) is 1.40. The van der Waals surface area contributed by atoms with E-state index in [2.05, 4.69) is 15.3 Å². The molecule has 2 aliphatic heterocycles. The maximum Gasteiger partial charge on any atom is 0.246 e. The van der Waals surface area contributed by atoms with Gasteiger partial charge in [0.05, 0.1) is 6.04 Å². The summed E-state index contributed by atoms with van der Waals surface area (Å²) in [5.41, 5.74) is 0.919. The monoisotopic (exact) mass is 286 g/mol. The number of aryl methyl sites for hydroxylation is 1. The molecule has 7 heteroatoms. The van der Waals surface area contributed by atoms with Crippen LogP contribution in [0.5, 0.6) is 0 Å². The topological polar surface area (TPSA) is 68.8 Å². The lowest BCUT2D eigenvalue weighted by Crippen LogP contribution is -2.42. The van der Waals surface area contributed by atoms with Crippen molar-refractivity contribution in [1.29, 1.82) is 0 Å². The van der Waals surface area contributed by atoms with Gasteiger partial charge in [0.15, 0.2) is 11.6 Å². The Bertz CT molecular complexity index is 702. The number of carbonyl (C=O) groups excluding carboxylic acids is 1. The molecular formula is C14H18N6O. The molecule has 110 valence electrons. The zero-order valence-corrected chi connectivity index (χ0v) is 12.2. The van der Waals surface area contributed by atoms with Crippen molar-refractivity contribution in [3.05, 3.63) is 18.1 Å². The van der Waals surface area contributed by atoms with E-state index in [0.717, 1.165) is 43.3 Å². The molecule has 1 fully saturated rings. The smallest absolute Gasteiger partial charge is 0.246 e. The molecule has 0 bridgehead atoms. The molecule has 1 amide bonds. The minimum Gasteiger partial charge on any atom is -0.331 e. The Morgan fingerprint density at radius 3 is 3.05 bits per heavy atom. The molecule has 0 saturated carbocycles. The number of fused-ring (bicyclic) bond motifs is 3. The van der Waals surface area contributed by atoms with Crippen LogP contribution in [-0.2, 0) is 11.3 Å². The molecule has 0 aromatic carbocycles. The van der Waals surface area contributed by atoms with Crippen molar-refractivity contribution >= 4 is 5.91 Å². The van der Waals surface area contributed by atoms with Crippen LogP contribution in [0.1, 0.15) is 44.6 Å². The van der Waals surface area contributed by atoms with Crippen molar-refractivity contribution in [2.24, 2.45) is 0 Å². The van der Waals surface area contributed by atoms with Crippen LogP contribution in [0.15, 0.2) is 12.3 Å². The van der Waals surface area contributed by atoms with Gasteiger partial charge in [0.2, 0.25) is 5.91 Å². The average molecular weight is 286 g/mol. The normalized spacial score (nSPS) is 24.3. The molecule has 0 radical (unpaired) electrons. The summed E-state index contributed by atoms with van der Waals surface area (Å²) in [7, 11) is 0. The first-order chi connectivity index (χ1) is 10.2. The third-order valence-corrected chi connectivity index (χ3v) is 4.55. The third kappa shape index (κ3) is 1.60. The summed E-state index contributed by atoms with van der Waals surface area (Å²) in [6.07, 6.45) is 3.78. The van der Waals surface area contributed by atoms with E-state index >= 15 is 0 Å². The molecule has 2 aromatic rings. The lowest BCUT2D eigenvalue weighted by Gasteiger charge is -2.34. The van der Waals surface area contributed by atoms with Crippen LogP contribution in [0.2, 0.25) is 0 Å². The van der Waals surface area contributed by atoms with Crippen molar-refractivity contribution in [1.82, 2.24) is 29.4 Å². The summed E-state index contributed by atoms with van der Waals surface area (Å²) in [4.78, 5) is 14.5. The average Bonchev–Trinajstić information content (AvgIpc) is 3.19. The van der Waals surface area contributed by atoms with E-state index in [1.807, 2.05) is 34.1 Å². The van der Waals surface area contributed by atoms with E-state index in [9.17, 15) is 4.79 Å². The molecule has 0 aliphatic carbocycles. The molecule has 7 nitrogen and oxygen atoms in total. The van der Waals surface area contributed by atoms with E-state index in [1.54, 1.807) is 6.20 Å². The highest BCUT2D eigenvalue weighted by Crippen LogP contribution is 2.39. The molecule has 0 spiro atoms. The first-order valence-corrected chi connectivity index (χ1v) is 7.49. The van der Waals surface area contributed by atoms with Gasteiger partial charge in [-0.25, -0.2) is 0 Å². The Hall–Kier alpha value is -2.18. The van der Waals surface area contributed by atoms with Gasteiger partial charge >= 0.3 is 0 Å². The molecule has 21 heavy (non-hydrogen) atoms. The molecule has 4 heterocycles. The lowest BCUT2D eigenvalue weighted by atomic mass is 10.1. The van der Waals surface area contributed by atoms with E-state index in [-0.39, 0.29) is 18.0 Å². The number of amides is 1. The molecule has 2 aromatic heterocycles. The molecule has 2 aliphatic rings.